The monoisotopic (exact) mass is 430 g/mol. The Hall–Kier alpha value is -3.47. The standard InChI is InChI=1S/C27H30N2O3/c1-20(13-15-22-9-5-3-6-10-22)29(21(2)14-16-23-11-7-4-8-12-23)26(30)25-19-24(27(31)32)17-18-28-25/h3-12,17-21H,13-16H2,1-2H3,(H,31,32). The van der Waals surface area contributed by atoms with E-state index in [2.05, 4.69) is 43.1 Å². The van der Waals surface area contributed by atoms with E-state index in [0.717, 1.165) is 25.7 Å². The van der Waals surface area contributed by atoms with Gasteiger partial charge in [0.25, 0.3) is 5.91 Å². The number of pyridine rings is 1. The van der Waals surface area contributed by atoms with Gasteiger partial charge in [-0.25, -0.2) is 4.79 Å². The van der Waals surface area contributed by atoms with E-state index in [4.69, 9.17) is 0 Å². The fraction of sp³-hybridized carbons (Fsp3) is 0.296. The van der Waals surface area contributed by atoms with Crippen LogP contribution in [0.15, 0.2) is 79.0 Å². The second-order valence-electron chi connectivity index (χ2n) is 8.19. The fourth-order valence-corrected chi connectivity index (χ4v) is 3.97. The van der Waals surface area contributed by atoms with Crippen LogP contribution in [0.5, 0.6) is 0 Å². The quantitative estimate of drug-likeness (QED) is 0.476. The van der Waals surface area contributed by atoms with Crippen LogP contribution in [0.25, 0.3) is 0 Å². The first-order valence-corrected chi connectivity index (χ1v) is 11.1. The molecule has 0 spiro atoms. The Balaban J connectivity index is 1.79. The van der Waals surface area contributed by atoms with Gasteiger partial charge < -0.3 is 10.0 Å². The molecule has 5 nitrogen and oxygen atoms in total. The number of aromatic carboxylic acids is 1. The van der Waals surface area contributed by atoms with Gasteiger partial charge in [0.1, 0.15) is 5.69 Å². The van der Waals surface area contributed by atoms with Crippen molar-refractivity contribution in [1.29, 1.82) is 0 Å². The van der Waals surface area contributed by atoms with Gasteiger partial charge in [-0.05, 0) is 62.8 Å². The molecule has 3 rings (SSSR count). The van der Waals surface area contributed by atoms with Gasteiger partial charge in [-0.3, -0.25) is 9.78 Å². The summed E-state index contributed by atoms with van der Waals surface area (Å²) in [5, 5.41) is 9.32. The average molecular weight is 431 g/mol. The van der Waals surface area contributed by atoms with E-state index in [1.807, 2.05) is 41.3 Å². The van der Waals surface area contributed by atoms with Crippen molar-refractivity contribution < 1.29 is 14.7 Å². The minimum atomic E-state index is -1.07. The van der Waals surface area contributed by atoms with Gasteiger partial charge in [-0.15, -0.1) is 0 Å². The molecule has 2 aromatic carbocycles. The van der Waals surface area contributed by atoms with Crippen LogP contribution < -0.4 is 0 Å². The predicted octanol–water partition coefficient (Wildman–Crippen LogP) is 5.26. The van der Waals surface area contributed by atoms with E-state index in [1.165, 1.54) is 29.5 Å². The molecule has 1 aromatic heterocycles. The summed E-state index contributed by atoms with van der Waals surface area (Å²) >= 11 is 0. The zero-order valence-electron chi connectivity index (χ0n) is 18.6. The van der Waals surface area contributed by atoms with Crippen molar-refractivity contribution in [2.24, 2.45) is 0 Å². The zero-order valence-corrected chi connectivity index (χ0v) is 18.6. The molecule has 1 amide bonds. The number of hydrogen-bond acceptors (Lipinski definition) is 3. The summed E-state index contributed by atoms with van der Waals surface area (Å²) in [5.74, 6) is -1.29. The lowest BCUT2D eigenvalue weighted by atomic mass is 10.00. The van der Waals surface area contributed by atoms with Gasteiger partial charge in [0.15, 0.2) is 0 Å². The Kier molecular flexibility index (Phi) is 8.14. The number of aryl methyl sites for hydroxylation is 2. The number of hydrogen-bond donors (Lipinski definition) is 1. The van der Waals surface area contributed by atoms with Crippen LogP contribution in [0.1, 0.15) is 58.7 Å². The third kappa shape index (κ3) is 6.27. The number of carbonyl (C=O) groups excluding carboxylic acids is 1. The van der Waals surface area contributed by atoms with Crippen LogP contribution in [-0.2, 0) is 12.8 Å². The Morgan fingerprint density at radius 1 is 0.844 bits per heavy atom. The fourth-order valence-electron chi connectivity index (χ4n) is 3.97. The molecule has 0 bridgehead atoms. The van der Waals surface area contributed by atoms with Crippen molar-refractivity contribution in [1.82, 2.24) is 9.88 Å². The Morgan fingerprint density at radius 2 is 1.34 bits per heavy atom. The summed E-state index contributed by atoms with van der Waals surface area (Å²) in [6.07, 6.45) is 4.73. The number of carboxylic acid groups (broad SMARTS) is 1. The first-order chi connectivity index (χ1) is 15.5. The Morgan fingerprint density at radius 3 is 1.81 bits per heavy atom. The molecule has 166 valence electrons. The molecule has 0 saturated carbocycles. The van der Waals surface area contributed by atoms with Gasteiger partial charge in [-0.1, -0.05) is 60.7 Å². The van der Waals surface area contributed by atoms with E-state index in [-0.39, 0.29) is 29.2 Å². The van der Waals surface area contributed by atoms with E-state index in [9.17, 15) is 14.7 Å². The maximum atomic E-state index is 13.5. The molecule has 0 fully saturated rings. The molecule has 0 radical (unpaired) electrons. The molecule has 2 atom stereocenters. The molecule has 3 aromatic rings. The highest BCUT2D eigenvalue weighted by molar-refractivity contribution is 5.96. The van der Waals surface area contributed by atoms with E-state index in [1.54, 1.807) is 0 Å². The molecular weight excluding hydrogens is 400 g/mol. The lowest BCUT2D eigenvalue weighted by Crippen LogP contribution is -2.45. The van der Waals surface area contributed by atoms with Gasteiger partial charge in [0, 0.05) is 18.3 Å². The molecule has 0 aliphatic rings. The van der Waals surface area contributed by atoms with Crippen LogP contribution in [-0.4, -0.2) is 39.0 Å². The van der Waals surface area contributed by atoms with Crippen molar-refractivity contribution in [3.05, 3.63) is 101 Å². The summed E-state index contributed by atoms with van der Waals surface area (Å²) < 4.78 is 0. The lowest BCUT2D eigenvalue weighted by molar-refractivity contribution is 0.0582. The summed E-state index contributed by atoms with van der Waals surface area (Å²) in [6, 6.07) is 23.2. The summed E-state index contributed by atoms with van der Waals surface area (Å²) in [7, 11) is 0. The summed E-state index contributed by atoms with van der Waals surface area (Å²) in [6.45, 7) is 4.11. The molecule has 5 heteroatoms. The highest BCUT2D eigenvalue weighted by Gasteiger charge is 2.27. The van der Waals surface area contributed by atoms with E-state index in [0.29, 0.717) is 0 Å². The summed E-state index contributed by atoms with van der Waals surface area (Å²) in [4.78, 5) is 30.9. The van der Waals surface area contributed by atoms with Gasteiger partial charge in [-0.2, -0.15) is 0 Å². The third-order valence-corrected chi connectivity index (χ3v) is 5.80. The normalized spacial score (nSPS) is 12.7. The first-order valence-electron chi connectivity index (χ1n) is 11.1. The molecule has 0 saturated heterocycles. The SMILES string of the molecule is CC(CCc1ccccc1)N(C(=O)c1cc(C(=O)O)ccn1)C(C)CCc1ccccc1. The molecule has 0 aliphatic carbocycles. The zero-order chi connectivity index (χ0) is 22.9. The van der Waals surface area contributed by atoms with Crippen LogP contribution in [0, 0.1) is 0 Å². The highest BCUT2D eigenvalue weighted by atomic mass is 16.4. The van der Waals surface area contributed by atoms with Crippen LogP contribution in [0.4, 0.5) is 0 Å². The summed E-state index contributed by atoms with van der Waals surface area (Å²) in [5.41, 5.74) is 2.70. The Labute approximate surface area is 189 Å². The van der Waals surface area contributed by atoms with Gasteiger partial charge in [0.05, 0.1) is 5.56 Å². The number of aromatic nitrogens is 1. The molecule has 0 aliphatic heterocycles. The highest BCUT2D eigenvalue weighted by Crippen LogP contribution is 2.20. The van der Waals surface area contributed by atoms with Gasteiger partial charge >= 0.3 is 5.97 Å². The molecule has 2 unspecified atom stereocenters. The first kappa shape index (κ1) is 23.2. The lowest BCUT2D eigenvalue weighted by Gasteiger charge is -2.35. The number of rotatable bonds is 10. The number of amides is 1. The maximum Gasteiger partial charge on any atom is 0.335 e. The van der Waals surface area contributed by atoms with Crippen molar-refractivity contribution in [3.8, 4) is 0 Å². The molecule has 1 N–H and O–H groups in total. The van der Waals surface area contributed by atoms with Crippen LogP contribution in [0.3, 0.4) is 0 Å². The second kappa shape index (κ2) is 11.2. The van der Waals surface area contributed by atoms with Crippen LogP contribution in [0.2, 0.25) is 0 Å². The van der Waals surface area contributed by atoms with Crippen molar-refractivity contribution >= 4 is 11.9 Å². The van der Waals surface area contributed by atoms with Gasteiger partial charge in [0.2, 0.25) is 0 Å². The number of carboxylic acids is 1. The van der Waals surface area contributed by atoms with E-state index < -0.39 is 5.97 Å². The largest absolute Gasteiger partial charge is 0.478 e. The predicted molar refractivity (Wildman–Crippen MR) is 126 cm³/mol. The van der Waals surface area contributed by atoms with E-state index >= 15 is 0 Å². The molecular formula is C27H30N2O3. The minimum Gasteiger partial charge on any atom is -0.478 e. The average Bonchev–Trinajstić information content (AvgIpc) is 2.83. The van der Waals surface area contributed by atoms with Crippen molar-refractivity contribution in [3.63, 3.8) is 0 Å². The molecule has 1 heterocycles. The van der Waals surface area contributed by atoms with Crippen molar-refractivity contribution in [2.45, 2.75) is 51.6 Å². The smallest absolute Gasteiger partial charge is 0.335 e. The topological polar surface area (TPSA) is 70.5 Å². The van der Waals surface area contributed by atoms with Crippen LogP contribution >= 0.6 is 0 Å². The third-order valence-electron chi connectivity index (χ3n) is 5.80. The van der Waals surface area contributed by atoms with Crippen molar-refractivity contribution in [2.75, 3.05) is 0 Å². The number of carbonyl (C=O) groups is 2. The number of benzene rings is 2. The Bertz CT molecular complexity index is 972. The number of nitrogens with zero attached hydrogens (tertiary/aromatic N) is 2. The maximum absolute atomic E-state index is 13.5. The second-order valence-corrected chi connectivity index (χ2v) is 8.19. The molecule has 32 heavy (non-hydrogen) atoms. The minimum absolute atomic E-state index is 0.0243.